The molecule has 2 aromatic carbocycles. The predicted molar refractivity (Wildman–Crippen MR) is 77.3 cm³/mol. The lowest BCUT2D eigenvalue weighted by molar-refractivity contribution is 1.46. The Morgan fingerprint density at radius 3 is 2.22 bits per heavy atom. The molecule has 0 saturated carbocycles. The lowest BCUT2D eigenvalue weighted by Crippen LogP contribution is -1.79. The number of hydrogen-bond acceptors (Lipinski definition) is 1. The van der Waals surface area contributed by atoms with Gasteiger partial charge < -0.3 is 0 Å². The molecule has 0 N–H and O–H groups in total. The van der Waals surface area contributed by atoms with Crippen LogP contribution in [-0.4, -0.2) is 5.71 Å². The van der Waals surface area contributed by atoms with Crippen molar-refractivity contribution in [2.75, 3.05) is 0 Å². The standard InChI is InChI=1S/C17H15N/c1-14(2)18-17-10-6-9-16(13-17)12-11-15-7-4-3-5-8-15/h3-10,13H,1-2H3. The van der Waals surface area contributed by atoms with Gasteiger partial charge in [0.15, 0.2) is 0 Å². The van der Waals surface area contributed by atoms with Crippen LogP contribution in [0.3, 0.4) is 0 Å². The number of rotatable bonds is 1. The Balaban J connectivity index is 2.26. The summed E-state index contributed by atoms with van der Waals surface area (Å²) in [5.41, 5.74) is 4.01. The summed E-state index contributed by atoms with van der Waals surface area (Å²) < 4.78 is 0. The van der Waals surface area contributed by atoms with E-state index in [1.165, 1.54) is 0 Å². The highest BCUT2D eigenvalue weighted by Gasteiger charge is 1.91. The van der Waals surface area contributed by atoms with Gasteiger partial charge in [-0.15, -0.1) is 0 Å². The molecule has 0 aliphatic heterocycles. The van der Waals surface area contributed by atoms with E-state index < -0.39 is 0 Å². The molecule has 0 saturated heterocycles. The number of hydrogen-bond donors (Lipinski definition) is 0. The third-order valence-corrected chi connectivity index (χ3v) is 2.32. The second kappa shape index (κ2) is 5.84. The van der Waals surface area contributed by atoms with Gasteiger partial charge >= 0.3 is 0 Å². The maximum absolute atomic E-state index is 4.42. The van der Waals surface area contributed by atoms with Crippen molar-refractivity contribution < 1.29 is 0 Å². The van der Waals surface area contributed by atoms with Gasteiger partial charge in [0.25, 0.3) is 0 Å². The average Bonchev–Trinajstić information content (AvgIpc) is 2.37. The first kappa shape index (κ1) is 12.1. The first-order valence-electron chi connectivity index (χ1n) is 5.93. The second-order valence-corrected chi connectivity index (χ2v) is 4.23. The van der Waals surface area contributed by atoms with Crippen molar-refractivity contribution in [3.05, 3.63) is 65.7 Å². The van der Waals surface area contributed by atoms with Crippen molar-refractivity contribution >= 4 is 11.4 Å². The van der Waals surface area contributed by atoms with Gasteiger partial charge in [0, 0.05) is 16.8 Å². The number of benzene rings is 2. The summed E-state index contributed by atoms with van der Waals surface area (Å²) in [6, 6.07) is 18.0. The summed E-state index contributed by atoms with van der Waals surface area (Å²) in [7, 11) is 0. The molecule has 0 aromatic heterocycles. The predicted octanol–water partition coefficient (Wildman–Crippen LogP) is 4.20. The van der Waals surface area contributed by atoms with Crippen LogP contribution in [0.2, 0.25) is 0 Å². The Labute approximate surface area is 108 Å². The largest absolute Gasteiger partial charge is 0.258 e. The topological polar surface area (TPSA) is 12.4 Å². The summed E-state index contributed by atoms with van der Waals surface area (Å²) in [6.45, 7) is 3.98. The minimum atomic E-state index is 0.954. The monoisotopic (exact) mass is 233 g/mol. The van der Waals surface area contributed by atoms with Crippen molar-refractivity contribution in [1.82, 2.24) is 0 Å². The Morgan fingerprint density at radius 1 is 0.833 bits per heavy atom. The van der Waals surface area contributed by atoms with Crippen molar-refractivity contribution in [3.8, 4) is 11.8 Å². The van der Waals surface area contributed by atoms with Gasteiger partial charge in [0.2, 0.25) is 0 Å². The van der Waals surface area contributed by atoms with Crippen molar-refractivity contribution in [3.63, 3.8) is 0 Å². The second-order valence-electron chi connectivity index (χ2n) is 4.23. The van der Waals surface area contributed by atoms with E-state index >= 15 is 0 Å². The molecule has 0 aliphatic rings. The molecule has 0 atom stereocenters. The maximum Gasteiger partial charge on any atom is 0.0641 e. The first-order chi connectivity index (χ1) is 8.74. The van der Waals surface area contributed by atoms with Crippen LogP contribution in [0.15, 0.2) is 59.6 Å². The molecule has 0 amide bonds. The normalized spacial score (nSPS) is 9.22. The van der Waals surface area contributed by atoms with Crippen LogP contribution in [0.1, 0.15) is 25.0 Å². The van der Waals surface area contributed by atoms with Crippen molar-refractivity contribution in [1.29, 1.82) is 0 Å². The van der Waals surface area contributed by atoms with E-state index in [1.807, 2.05) is 68.4 Å². The first-order valence-corrected chi connectivity index (χ1v) is 5.93. The Bertz CT molecular complexity index is 609. The van der Waals surface area contributed by atoms with Crippen LogP contribution in [0.4, 0.5) is 5.69 Å². The van der Waals surface area contributed by atoms with Gasteiger partial charge in [-0.1, -0.05) is 36.1 Å². The smallest absolute Gasteiger partial charge is 0.0641 e. The van der Waals surface area contributed by atoms with E-state index in [4.69, 9.17) is 0 Å². The molecule has 0 heterocycles. The molecule has 0 unspecified atom stereocenters. The highest BCUT2D eigenvalue weighted by Crippen LogP contribution is 2.13. The molecule has 1 heteroatoms. The summed E-state index contributed by atoms with van der Waals surface area (Å²) in [5, 5.41) is 0. The maximum atomic E-state index is 4.42. The van der Waals surface area contributed by atoms with Crippen LogP contribution < -0.4 is 0 Å². The number of nitrogens with zero attached hydrogens (tertiary/aromatic N) is 1. The molecule has 2 aromatic rings. The zero-order valence-electron chi connectivity index (χ0n) is 10.6. The molecule has 88 valence electrons. The summed E-state index contributed by atoms with van der Waals surface area (Å²) in [5.74, 6) is 6.30. The van der Waals surface area contributed by atoms with Crippen LogP contribution in [0.25, 0.3) is 0 Å². The van der Waals surface area contributed by atoms with Crippen LogP contribution in [0, 0.1) is 11.8 Å². The molecular formula is C17H15N. The quantitative estimate of drug-likeness (QED) is 0.517. The van der Waals surface area contributed by atoms with E-state index in [9.17, 15) is 0 Å². The highest BCUT2D eigenvalue weighted by molar-refractivity contribution is 5.82. The van der Waals surface area contributed by atoms with Crippen LogP contribution in [-0.2, 0) is 0 Å². The van der Waals surface area contributed by atoms with Gasteiger partial charge in [-0.25, -0.2) is 0 Å². The fourth-order valence-corrected chi connectivity index (χ4v) is 1.58. The SMILES string of the molecule is CC(C)=Nc1cccc(C#Cc2ccccc2)c1. The molecule has 1 nitrogen and oxygen atoms in total. The van der Waals surface area contributed by atoms with Gasteiger partial charge in [-0.3, -0.25) is 4.99 Å². The minimum Gasteiger partial charge on any atom is -0.258 e. The van der Waals surface area contributed by atoms with E-state index in [1.54, 1.807) is 0 Å². The van der Waals surface area contributed by atoms with Crippen LogP contribution in [0.5, 0.6) is 0 Å². The summed E-state index contributed by atoms with van der Waals surface area (Å²) in [4.78, 5) is 4.42. The molecule has 0 bridgehead atoms. The third kappa shape index (κ3) is 3.61. The van der Waals surface area contributed by atoms with E-state index in [0.717, 1.165) is 22.5 Å². The lowest BCUT2D eigenvalue weighted by atomic mass is 10.1. The molecule has 18 heavy (non-hydrogen) atoms. The molecule has 2 rings (SSSR count). The highest BCUT2D eigenvalue weighted by atomic mass is 14.7. The Hall–Kier alpha value is -2.33. The molecule has 0 spiro atoms. The summed E-state index contributed by atoms with van der Waals surface area (Å²) in [6.07, 6.45) is 0. The van der Waals surface area contributed by atoms with Crippen LogP contribution >= 0.6 is 0 Å². The zero-order valence-corrected chi connectivity index (χ0v) is 10.6. The molecule has 0 fully saturated rings. The van der Waals surface area contributed by atoms with E-state index in [0.29, 0.717) is 0 Å². The summed E-state index contributed by atoms with van der Waals surface area (Å²) >= 11 is 0. The minimum absolute atomic E-state index is 0.954. The molecule has 0 aliphatic carbocycles. The van der Waals surface area contributed by atoms with Gasteiger partial charge in [-0.05, 0) is 44.2 Å². The van der Waals surface area contributed by atoms with E-state index in [-0.39, 0.29) is 0 Å². The van der Waals surface area contributed by atoms with Crippen molar-refractivity contribution in [2.24, 2.45) is 4.99 Å². The fourth-order valence-electron chi connectivity index (χ4n) is 1.58. The van der Waals surface area contributed by atoms with Crippen molar-refractivity contribution in [2.45, 2.75) is 13.8 Å². The third-order valence-electron chi connectivity index (χ3n) is 2.32. The van der Waals surface area contributed by atoms with Gasteiger partial charge in [0.05, 0.1) is 5.69 Å². The Morgan fingerprint density at radius 2 is 1.50 bits per heavy atom. The average molecular weight is 233 g/mol. The van der Waals surface area contributed by atoms with E-state index in [2.05, 4.69) is 16.8 Å². The van der Waals surface area contributed by atoms with Gasteiger partial charge in [-0.2, -0.15) is 0 Å². The zero-order chi connectivity index (χ0) is 12.8. The van der Waals surface area contributed by atoms with Gasteiger partial charge in [0.1, 0.15) is 0 Å². The lowest BCUT2D eigenvalue weighted by Gasteiger charge is -1.96. The molecular weight excluding hydrogens is 218 g/mol. The number of aliphatic imine (C=N–C) groups is 1. The fraction of sp³-hybridized carbons (Fsp3) is 0.118. The molecule has 0 radical (unpaired) electrons. The Kier molecular flexibility index (Phi) is 3.94.